The number of aliphatic hydroxyl groups excluding tert-OH is 1. The third-order valence-corrected chi connectivity index (χ3v) is 2.44. The summed E-state index contributed by atoms with van der Waals surface area (Å²) in [6, 6.07) is 0.133. The minimum Gasteiger partial charge on any atom is -0.390 e. The van der Waals surface area contributed by atoms with Crippen LogP contribution in [0.15, 0.2) is 6.20 Å². The number of carbonyl (C=O) groups is 1. The highest BCUT2D eigenvalue weighted by molar-refractivity contribution is 5.75. The lowest BCUT2D eigenvalue weighted by molar-refractivity contribution is -0.122. The van der Waals surface area contributed by atoms with Gasteiger partial charge in [-0.25, -0.2) is 4.68 Å². The van der Waals surface area contributed by atoms with Crippen molar-refractivity contribution >= 4 is 5.91 Å². The number of hydrogen-bond donors (Lipinski definition) is 2. The first kappa shape index (κ1) is 12.6. The molecule has 0 aliphatic carbocycles. The van der Waals surface area contributed by atoms with Crippen LogP contribution >= 0.6 is 0 Å². The Kier molecular flexibility index (Phi) is 4.42. The third-order valence-electron chi connectivity index (χ3n) is 2.44. The van der Waals surface area contributed by atoms with Gasteiger partial charge in [0.2, 0.25) is 5.91 Å². The molecule has 1 unspecified atom stereocenters. The molecule has 90 valence electrons. The number of nitrogens with one attached hydrogen (secondary N) is 1. The molecule has 6 nitrogen and oxygen atoms in total. The molecule has 2 N–H and O–H groups in total. The number of hydrogen-bond acceptors (Lipinski definition) is 4. The van der Waals surface area contributed by atoms with Crippen LogP contribution in [0, 0.1) is 5.92 Å². The van der Waals surface area contributed by atoms with Crippen molar-refractivity contribution in [1.82, 2.24) is 20.3 Å². The quantitative estimate of drug-likeness (QED) is 0.736. The Morgan fingerprint density at radius 1 is 1.56 bits per heavy atom. The Labute approximate surface area is 94.7 Å². The Morgan fingerprint density at radius 2 is 2.25 bits per heavy atom. The maximum atomic E-state index is 11.6. The molecule has 0 bridgehead atoms. The van der Waals surface area contributed by atoms with Crippen molar-refractivity contribution in [3.05, 3.63) is 11.9 Å². The number of aromatic nitrogens is 3. The lowest BCUT2D eigenvalue weighted by Crippen LogP contribution is -2.38. The first-order valence-electron chi connectivity index (χ1n) is 5.32. The molecule has 0 aliphatic heterocycles. The van der Waals surface area contributed by atoms with E-state index in [0.29, 0.717) is 11.6 Å². The number of amides is 1. The van der Waals surface area contributed by atoms with Gasteiger partial charge in [0.05, 0.1) is 12.8 Å². The number of rotatable bonds is 5. The third kappa shape index (κ3) is 3.62. The molecule has 0 radical (unpaired) electrons. The smallest absolute Gasteiger partial charge is 0.242 e. The topological polar surface area (TPSA) is 80.0 Å². The van der Waals surface area contributed by atoms with E-state index in [1.807, 2.05) is 20.8 Å². The monoisotopic (exact) mass is 226 g/mol. The predicted molar refractivity (Wildman–Crippen MR) is 58.4 cm³/mol. The fourth-order valence-electron chi connectivity index (χ4n) is 1.10. The van der Waals surface area contributed by atoms with Gasteiger partial charge in [0, 0.05) is 6.04 Å². The van der Waals surface area contributed by atoms with Crippen LogP contribution in [-0.4, -0.2) is 32.0 Å². The van der Waals surface area contributed by atoms with Crippen molar-refractivity contribution in [3.63, 3.8) is 0 Å². The molecule has 0 aromatic carbocycles. The SMILES string of the molecule is CC(C)C(C)NC(=O)Cn1cc(CO)nn1. The molecular formula is C10H18N4O2. The second-order valence-corrected chi connectivity index (χ2v) is 4.17. The highest BCUT2D eigenvalue weighted by atomic mass is 16.3. The molecule has 1 aromatic rings. The fraction of sp³-hybridized carbons (Fsp3) is 0.700. The van der Waals surface area contributed by atoms with Crippen LogP contribution in [0.2, 0.25) is 0 Å². The zero-order chi connectivity index (χ0) is 12.1. The molecule has 1 heterocycles. The predicted octanol–water partition coefficient (Wildman–Crippen LogP) is -0.0689. The van der Waals surface area contributed by atoms with Crippen LogP contribution in [-0.2, 0) is 17.9 Å². The first-order valence-corrected chi connectivity index (χ1v) is 5.32. The minimum absolute atomic E-state index is 0.101. The van der Waals surface area contributed by atoms with Crippen molar-refractivity contribution in [2.45, 2.75) is 40.0 Å². The van der Waals surface area contributed by atoms with E-state index >= 15 is 0 Å². The van der Waals surface area contributed by atoms with Gasteiger partial charge in [0.15, 0.2) is 0 Å². The molecule has 0 spiro atoms. The van der Waals surface area contributed by atoms with Gasteiger partial charge in [-0.15, -0.1) is 5.10 Å². The molecule has 1 rings (SSSR count). The summed E-state index contributed by atoms with van der Waals surface area (Å²) >= 11 is 0. The largest absolute Gasteiger partial charge is 0.390 e. The second kappa shape index (κ2) is 5.60. The molecular weight excluding hydrogens is 208 g/mol. The van der Waals surface area contributed by atoms with Crippen LogP contribution in [0.3, 0.4) is 0 Å². The second-order valence-electron chi connectivity index (χ2n) is 4.17. The van der Waals surface area contributed by atoms with E-state index in [9.17, 15) is 4.79 Å². The summed E-state index contributed by atoms with van der Waals surface area (Å²) in [5, 5.41) is 19.1. The summed E-state index contributed by atoms with van der Waals surface area (Å²) in [6.45, 7) is 6.02. The van der Waals surface area contributed by atoms with Gasteiger partial charge in [0.25, 0.3) is 0 Å². The summed E-state index contributed by atoms with van der Waals surface area (Å²) in [7, 11) is 0. The maximum Gasteiger partial charge on any atom is 0.242 e. The van der Waals surface area contributed by atoms with Crippen molar-refractivity contribution in [2.24, 2.45) is 5.92 Å². The van der Waals surface area contributed by atoms with E-state index in [2.05, 4.69) is 15.6 Å². The average Bonchev–Trinajstić information content (AvgIpc) is 2.65. The van der Waals surface area contributed by atoms with Gasteiger partial charge in [0.1, 0.15) is 12.2 Å². The summed E-state index contributed by atoms with van der Waals surface area (Å²) in [5.41, 5.74) is 0.463. The van der Waals surface area contributed by atoms with Crippen LogP contribution in [0.5, 0.6) is 0 Å². The molecule has 0 saturated carbocycles. The maximum absolute atomic E-state index is 11.6. The molecule has 1 amide bonds. The molecule has 0 saturated heterocycles. The molecule has 1 atom stereocenters. The van der Waals surface area contributed by atoms with Crippen molar-refractivity contribution in [2.75, 3.05) is 0 Å². The Hall–Kier alpha value is -1.43. The van der Waals surface area contributed by atoms with E-state index < -0.39 is 0 Å². The van der Waals surface area contributed by atoms with Crippen molar-refractivity contribution in [3.8, 4) is 0 Å². The fourth-order valence-corrected chi connectivity index (χ4v) is 1.10. The number of nitrogens with zero attached hydrogens (tertiary/aromatic N) is 3. The Balaban J connectivity index is 2.45. The van der Waals surface area contributed by atoms with Gasteiger partial charge < -0.3 is 10.4 Å². The summed E-state index contributed by atoms with van der Waals surface area (Å²) < 4.78 is 1.41. The van der Waals surface area contributed by atoms with E-state index in [0.717, 1.165) is 0 Å². The van der Waals surface area contributed by atoms with E-state index in [1.165, 1.54) is 4.68 Å². The van der Waals surface area contributed by atoms with Crippen LogP contribution < -0.4 is 5.32 Å². The Bertz CT molecular complexity index is 348. The average molecular weight is 226 g/mol. The Morgan fingerprint density at radius 3 is 2.75 bits per heavy atom. The van der Waals surface area contributed by atoms with Crippen LogP contribution in [0.25, 0.3) is 0 Å². The lowest BCUT2D eigenvalue weighted by atomic mass is 10.1. The van der Waals surface area contributed by atoms with Gasteiger partial charge in [-0.3, -0.25) is 4.79 Å². The van der Waals surface area contributed by atoms with E-state index in [-0.39, 0.29) is 25.1 Å². The van der Waals surface area contributed by atoms with Crippen molar-refractivity contribution in [1.29, 1.82) is 0 Å². The standard InChI is InChI=1S/C10H18N4O2/c1-7(2)8(3)11-10(16)5-14-4-9(6-15)12-13-14/h4,7-8,15H,5-6H2,1-3H3,(H,11,16). The first-order chi connectivity index (χ1) is 7.52. The molecule has 0 fully saturated rings. The highest BCUT2D eigenvalue weighted by Gasteiger charge is 2.11. The summed E-state index contributed by atoms with van der Waals surface area (Å²) in [6.07, 6.45) is 1.56. The summed E-state index contributed by atoms with van der Waals surface area (Å²) in [4.78, 5) is 11.6. The minimum atomic E-state index is -0.163. The van der Waals surface area contributed by atoms with E-state index in [1.54, 1.807) is 6.20 Å². The normalized spacial score (nSPS) is 12.8. The lowest BCUT2D eigenvalue weighted by Gasteiger charge is -2.17. The molecule has 6 heteroatoms. The van der Waals surface area contributed by atoms with E-state index in [4.69, 9.17) is 5.11 Å². The van der Waals surface area contributed by atoms with Gasteiger partial charge in [-0.1, -0.05) is 19.1 Å². The zero-order valence-electron chi connectivity index (χ0n) is 9.84. The zero-order valence-corrected chi connectivity index (χ0v) is 9.84. The summed E-state index contributed by atoms with van der Waals surface area (Å²) in [5.74, 6) is 0.295. The highest BCUT2D eigenvalue weighted by Crippen LogP contribution is 1.99. The van der Waals surface area contributed by atoms with Gasteiger partial charge >= 0.3 is 0 Å². The van der Waals surface area contributed by atoms with Crippen LogP contribution in [0.1, 0.15) is 26.5 Å². The number of carbonyl (C=O) groups excluding carboxylic acids is 1. The van der Waals surface area contributed by atoms with Gasteiger partial charge in [-0.05, 0) is 12.8 Å². The molecule has 1 aromatic heterocycles. The van der Waals surface area contributed by atoms with Crippen LogP contribution in [0.4, 0.5) is 0 Å². The van der Waals surface area contributed by atoms with Crippen molar-refractivity contribution < 1.29 is 9.90 Å². The molecule has 0 aliphatic rings. The molecule has 16 heavy (non-hydrogen) atoms. The number of aliphatic hydroxyl groups is 1. The van der Waals surface area contributed by atoms with Gasteiger partial charge in [-0.2, -0.15) is 0 Å².